The van der Waals surface area contributed by atoms with Gasteiger partial charge in [-0.25, -0.2) is 23.9 Å². The van der Waals surface area contributed by atoms with Crippen LogP contribution in [0.5, 0.6) is 0 Å². The normalized spacial score (nSPS) is 14.1. The predicted molar refractivity (Wildman–Crippen MR) is 198 cm³/mol. The number of hydrogen-bond donors (Lipinski definition) is 4. The molecule has 4 heterocycles. The Kier molecular flexibility index (Phi) is 10.5. The molecule has 0 saturated heterocycles. The van der Waals surface area contributed by atoms with E-state index in [1.54, 1.807) is 67.9 Å². The van der Waals surface area contributed by atoms with Gasteiger partial charge in [0.25, 0.3) is 0 Å². The van der Waals surface area contributed by atoms with Gasteiger partial charge in [0.05, 0.1) is 28.3 Å². The van der Waals surface area contributed by atoms with Crippen molar-refractivity contribution in [1.29, 1.82) is 0 Å². The standard InChI is InChI=1S/C18H16F3N5OS.C17H15F3N6OS/c1-10-16(28-9-22-10)24-17(27)23-12-4-6-13(7-5-12)26-14(11-2-3-11)8-15(25-26)18(19,20)21;1-9-15(28-25-23-9)22-16(27)21-11-4-6-12(7-5-11)26-13(10-2-3-10)8-14(24-26)17(18,19)20/h4-9,11H,2-3H2,1H3,(H2,23,24,27);4-8,10H,2-3H2,1H3,(H2,21,22,27). The van der Waals surface area contributed by atoms with Crippen LogP contribution in [0, 0.1) is 13.8 Å². The molecule has 13 nitrogen and oxygen atoms in total. The van der Waals surface area contributed by atoms with Gasteiger partial charge in [-0.05, 0) is 100 Å². The Morgan fingerprint density at radius 2 is 1.11 bits per heavy atom. The Morgan fingerprint density at radius 3 is 1.46 bits per heavy atom. The highest BCUT2D eigenvalue weighted by Gasteiger charge is 2.39. The van der Waals surface area contributed by atoms with Crippen molar-refractivity contribution < 1.29 is 35.9 Å². The molecule has 21 heteroatoms. The molecule has 0 bridgehead atoms. The number of carbonyl (C=O) groups excluding carboxylic acids is 2. The molecule has 2 saturated carbocycles. The van der Waals surface area contributed by atoms with Crippen molar-refractivity contribution in [2.75, 3.05) is 21.3 Å². The van der Waals surface area contributed by atoms with Gasteiger partial charge in [-0.2, -0.15) is 36.5 Å². The second-order valence-electron chi connectivity index (χ2n) is 13.0. The third-order valence-corrected chi connectivity index (χ3v) is 10.2. The molecule has 2 aromatic carbocycles. The molecule has 0 unspecified atom stereocenters. The smallest absolute Gasteiger partial charge is 0.308 e. The van der Waals surface area contributed by atoms with E-state index in [0.29, 0.717) is 49.8 Å². The Balaban J connectivity index is 0.000000172. The monoisotopic (exact) mass is 815 g/mol. The molecular formula is C35H31F6N11O2S2. The SMILES string of the molecule is Cc1ncsc1NC(=O)Nc1ccc(-n2nc(C(F)(F)F)cc2C2CC2)cc1.Cc1nnsc1NC(=O)Nc1ccc(-n2nc(C(F)(F)F)cc2C2CC2)cc1. The zero-order valence-corrected chi connectivity index (χ0v) is 31.0. The van der Waals surface area contributed by atoms with E-state index >= 15 is 0 Å². The summed E-state index contributed by atoms with van der Waals surface area (Å²) in [7, 11) is 0. The molecule has 0 spiro atoms. The van der Waals surface area contributed by atoms with Crippen LogP contribution in [-0.4, -0.2) is 46.2 Å². The molecule has 2 fully saturated rings. The highest BCUT2D eigenvalue weighted by Crippen LogP contribution is 2.44. The quantitative estimate of drug-likeness (QED) is 0.112. The summed E-state index contributed by atoms with van der Waals surface area (Å²) in [4.78, 5) is 28.2. The first-order chi connectivity index (χ1) is 26.6. The zero-order valence-electron chi connectivity index (χ0n) is 29.4. The lowest BCUT2D eigenvalue weighted by Gasteiger charge is -2.09. The van der Waals surface area contributed by atoms with Crippen LogP contribution in [0.15, 0.2) is 66.2 Å². The maximum absolute atomic E-state index is 13.0. The van der Waals surface area contributed by atoms with Crippen LogP contribution in [0.3, 0.4) is 0 Å². The fourth-order valence-corrected chi connectivity index (χ4v) is 6.74. The zero-order chi connectivity index (χ0) is 39.8. The fourth-order valence-electron chi connectivity index (χ4n) is 5.49. The number of amides is 4. The van der Waals surface area contributed by atoms with E-state index in [4.69, 9.17) is 0 Å². The summed E-state index contributed by atoms with van der Waals surface area (Å²) in [5, 5.41) is 23.2. The minimum atomic E-state index is -4.49. The molecule has 56 heavy (non-hydrogen) atoms. The van der Waals surface area contributed by atoms with Crippen LogP contribution in [0.1, 0.15) is 71.7 Å². The number of aryl methyl sites for hydroxylation is 2. The molecule has 0 atom stereocenters. The lowest BCUT2D eigenvalue weighted by atomic mass is 10.2. The van der Waals surface area contributed by atoms with Crippen LogP contribution >= 0.6 is 22.9 Å². The third-order valence-electron chi connectivity index (χ3n) is 8.64. The van der Waals surface area contributed by atoms with E-state index in [0.717, 1.165) is 55.0 Å². The first-order valence-electron chi connectivity index (χ1n) is 17.0. The maximum atomic E-state index is 13.0. The number of carbonyl (C=O) groups is 2. The summed E-state index contributed by atoms with van der Waals surface area (Å²) in [6.45, 7) is 3.52. The molecule has 2 aliphatic carbocycles. The molecule has 8 rings (SSSR count). The molecule has 4 aromatic heterocycles. The highest BCUT2D eigenvalue weighted by atomic mass is 32.1. The van der Waals surface area contributed by atoms with Crippen molar-refractivity contribution in [2.24, 2.45) is 0 Å². The van der Waals surface area contributed by atoms with Gasteiger partial charge in [0.2, 0.25) is 0 Å². The molecule has 6 aromatic rings. The predicted octanol–water partition coefficient (Wildman–Crippen LogP) is 9.75. The van der Waals surface area contributed by atoms with Gasteiger partial charge in [-0.15, -0.1) is 16.4 Å². The second kappa shape index (κ2) is 15.4. The van der Waals surface area contributed by atoms with Crippen molar-refractivity contribution in [3.8, 4) is 11.4 Å². The number of nitrogens with one attached hydrogen (secondary N) is 4. The number of halogens is 6. The summed E-state index contributed by atoms with van der Waals surface area (Å²) < 4.78 is 84.6. The van der Waals surface area contributed by atoms with Crippen LogP contribution in [0.2, 0.25) is 0 Å². The first-order valence-corrected chi connectivity index (χ1v) is 18.7. The van der Waals surface area contributed by atoms with E-state index in [1.807, 2.05) is 0 Å². The average molecular weight is 816 g/mol. The number of nitrogens with zero attached hydrogens (tertiary/aromatic N) is 7. The number of hydrogen-bond acceptors (Lipinski definition) is 9. The van der Waals surface area contributed by atoms with Crippen LogP contribution in [0.25, 0.3) is 11.4 Å². The van der Waals surface area contributed by atoms with Crippen LogP contribution in [0.4, 0.5) is 57.3 Å². The van der Waals surface area contributed by atoms with Gasteiger partial charge in [0.1, 0.15) is 10.0 Å². The van der Waals surface area contributed by atoms with E-state index in [9.17, 15) is 35.9 Å². The van der Waals surface area contributed by atoms with Gasteiger partial charge in [0.15, 0.2) is 11.4 Å². The topological polar surface area (TPSA) is 157 Å². The third kappa shape index (κ3) is 9.16. The lowest BCUT2D eigenvalue weighted by Crippen LogP contribution is -2.19. The molecule has 292 valence electrons. The van der Waals surface area contributed by atoms with Crippen molar-refractivity contribution >= 4 is 56.3 Å². The first kappa shape index (κ1) is 38.4. The van der Waals surface area contributed by atoms with E-state index < -0.39 is 35.8 Å². The summed E-state index contributed by atoms with van der Waals surface area (Å²) >= 11 is 2.38. The van der Waals surface area contributed by atoms with Crippen molar-refractivity contribution in [2.45, 2.75) is 63.7 Å². The van der Waals surface area contributed by atoms with Crippen LogP contribution < -0.4 is 21.3 Å². The fraction of sp³-hybridized carbons (Fsp3) is 0.286. The largest absolute Gasteiger partial charge is 0.435 e. The second-order valence-corrected chi connectivity index (χ2v) is 14.6. The number of anilines is 4. The minimum Gasteiger partial charge on any atom is -0.308 e. The highest BCUT2D eigenvalue weighted by molar-refractivity contribution is 7.14. The number of rotatable bonds is 8. The Morgan fingerprint density at radius 1 is 0.661 bits per heavy atom. The Hall–Kier alpha value is -5.83. The van der Waals surface area contributed by atoms with Gasteiger partial charge < -0.3 is 10.6 Å². The van der Waals surface area contributed by atoms with Gasteiger partial charge in [-0.1, -0.05) is 4.49 Å². The van der Waals surface area contributed by atoms with Gasteiger partial charge >= 0.3 is 24.4 Å². The summed E-state index contributed by atoms with van der Waals surface area (Å²) in [6.07, 6.45) is -5.54. The van der Waals surface area contributed by atoms with E-state index in [1.165, 1.54) is 20.7 Å². The van der Waals surface area contributed by atoms with Crippen molar-refractivity contribution in [3.63, 3.8) is 0 Å². The number of thiazole rings is 1. The summed E-state index contributed by atoms with van der Waals surface area (Å²) in [5.41, 5.74) is 4.33. The molecule has 4 N–H and O–H groups in total. The van der Waals surface area contributed by atoms with Gasteiger partial charge in [-0.3, -0.25) is 10.6 Å². The summed E-state index contributed by atoms with van der Waals surface area (Å²) in [6, 6.07) is 14.3. The number of benzene rings is 2. The number of urea groups is 2. The molecule has 2 aliphatic rings. The Bertz CT molecular complexity index is 2180. The maximum Gasteiger partial charge on any atom is 0.435 e. The number of alkyl halides is 6. The van der Waals surface area contributed by atoms with Crippen LogP contribution in [-0.2, 0) is 12.4 Å². The van der Waals surface area contributed by atoms with Crippen molar-refractivity contribution in [1.82, 2.24) is 34.1 Å². The minimum absolute atomic E-state index is 0.100. The average Bonchev–Trinajstić information content (AvgIpc) is 3.98. The molecular weight excluding hydrogens is 785 g/mol. The van der Waals surface area contributed by atoms with Crippen molar-refractivity contribution in [3.05, 3.63) is 100 Å². The molecule has 0 radical (unpaired) electrons. The Labute approximate surface area is 322 Å². The number of aromatic nitrogens is 7. The van der Waals surface area contributed by atoms with E-state index in [-0.39, 0.29) is 11.8 Å². The molecule has 0 aliphatic heterocycles. The molecule has 4 amide bonds. The van der Waals surface area contributed by atoms with E-state index in [2.05, 4.69) is 46.0 Å². The lowest BCUT2D eigenvalue weighted by molar-refractivity contribution is -0.142. The van der Waals surface area contributed by atoms with Gasteiger partial charge in [0, 0.05) is 46.1 Å². The summed E-state index contributed by atoms with van der Waals surface area (Å²) in [5.74, 6) is 0.207.